The van der Waals surface area contributed by atoms with Crippen molar-refractivity contribution in [1.82, 2.24) is 0 Å². The molecule has 18 heavy (non-hydrogen) atoms. The van der Waals surface area contributed by atoms with Crippen LogP contribution in [0.25, 0.3) is 5.57 Å². The lowest BCUT2D eigenvalue weighted by atomic mass is 9.99. The highest BCUT2D eigenvalue weighted by Gasteiger charge is 2.48. The van der Waals surface area contributed by atoms with Crippen LogP contribution < -0.4 is 4.74 Å². The van der Waals surface area contributed by atoms with E-state index in [-0.39, 0.29) is 5.70 Å². The van der Waals surface area contributed by atoms with E-state index in [1.54, 1.807) is 31.2 Å². The minimum absolute atomic E-state index is 0.228. The second-order valence-electron chi connectivity index (χ2n) is 3.80. The Morgan fingerprint density at radius 3 is 2.50 bits per heavy atom. The predicted molar refractivity (Wildman–Crippen MR) is 70.7 cm³/mol. The molecule has 0 N–H and O–H groups in total. The number of alkyl halides is 3. The molecule has 1 aromatic rings. The van der Waals surface area contributed by atoms with Gasteiger partial charge in [0.25, 0.3) is 5.70 Å². The van der Waals surface area contributed by atoms with E-state index in [2.05, 4.69) is 0 Å². The van der Waals surface area contributed by atoms with Crippen molar-refractivity contribution in [2.75, 3.05) is 0 Å². The third kappa shape index (κ3) is 2.28. The summed E-state index contributed by atoms with van der Waals surface area (Å²) in [5.41, 5.74) is 0.849. The monoisotopic (exact) mass is 307 g/mol. The molecule has 1 atom stereocenters. The van der Waals surface area contributed by atoms with Crippen molar-refractivity contribution < 1.29 is 9.66 Å². The van der Waals surface area contributed by atoms with E-state index >= 15 is 0 Å². The van der Waals surface area contributed by atoms with Gasteiger partial charge in [-0.15, -0.1) is 0 Å². The van der Waals surface area contributed by atoms with Crippen molar-refractivity contribution in [3.8, 4) is 5.75 Å². The van der Waals surface area contributed by atoms with Crippen LogP contribution >= 0.6 is 34.8 Å². The smallest absolute Gasteiger partial charge is 0.294 e. The summed E-state index contributed by atoms with van der Waals surface area (Å²) >= 11 is 17.2. The molecule has 2 rings (SSSR count). The van der Waals surface area contributed by atoms with E-state index in [0.717, 1.165) is 0 Å². The van der Waals surface area contributed by atoms with Crippen LogP contribution in [0.3, 0.4) is 0 Å². The zero-order chi connectivity index (χ0) is 13.5. The number of hydrogen-bond donors (Lipinski definition) is 0. The fourth-order valence-electron chi connectivity index (χ4n) is 1.85. The number of hydrogen-bond acceptors (Lipinski definition) is 3. The highest BCUT2D eigenvalue weighted by Crippen LogP contribution is 2.44. The molecule has 0 radical (unpaired) electrons. The third-order valence-electron chi connectivity index (χ3n) is 2.66. The van der Waals surface area contributed by atoms with E-state index < -0.39 is 14.8 Å². The van der Waals surface area contributed by atoms with Crippen molar-refractivity contribution in [1.29, 1.82) is 0 Å². The van der Waals surface area contributed by atoms with Gasteiger partial charge >= 0.3 is 0 Å². The first kappa shape index (κ1) is 13.5. The number of nitro groups is 1. The Bertz CT molecular complexity index is 537. The molecule has 1 heterocycles. The van der Waals surface area contributed by atoms with Gasteiger partial charge in [0.1, 0.15) is 5.75 Å². The molecule has 0 saturated heterocycles. The molecule has 1 aliphatic rings. The van der Waals surface area contributed by atoms with Crippen molar-refractivity contribution >= 4 is 40.4 Å². The SMILES string of the molecule is CC1=C([N+](=O)[O-])[C@@H](C(Cl)(Cl)Cl)Oc2ccccc21. The molecular formula is C11H8Cl3NO3. The summed E-state index contributed by atoms with van der Waals surface area (Å²) in [6.45, 7) is 1.61. The van der Waals surface area contributed by atoms with Crippen LogP contribution in [-0.4, -0.2) is 14.8 Å². The molecule has 0 spiro atoms. The Hall–Kier alpha value is -0.970. The quantitative estimate of drug-likeness (QED) is 0.450. The van der Waals surface area contributed by atoms with Gasteiger partial charge in [-0.05, 0) is 13.0 Å². The minimum Gasteiger partial charge on any atom is -0.474 e. The number of benzene rings is 1. The summed E-state index contributed by atoms with van der Waals surface area (Å²) in [6.07, 6.45) is -1.23. The van der Waals surface area contributed by atoms with Gasteiger partial charge in [0.15, 0.2) is 0 Å². The van der Waals surface area contributed by atoms with Crippen LogP contribution in [0.15, 0.2) is 30.0 Å². The number of halogens is 3. The Balaban J connectivity index is 2.64. The zero-order valence-electron chi connectivity index (χ0n) is 9.19. The molecule has 7 heteroatoms. The summed E-state index contributed by atoms with van der Waals surface area (Å²) in [5.74, 6) is 0.469. The van der Waals surface area contributed by atoms with Crippen molar-refractivity contribution in [3.63, 3.8) is 0 Å². The minimum atomic E-state index is -1.91. The summed E-state index contributed by atoms with van der Waals surface area (Å²) in [5, 5.41) is 11.1. The van der Waals surface area contributed by atoms with E-state index in [1.807, 2.05) is 0 Å². The van der Waals surface area contributed by atoms with E-state index in [4.69, 9.17) is 39.5 Å². The van der Waals surface area contributed by atoms with E-state index in [1.165, 1.54) is 0 Å². The fraction of sp³-hybridized carbons (Fsp3) is 0.273. The molecule has 0 bridgehead atoms. The van der Waals surface area contributed by atoms with Gasteiger partial charge in [-0.3, -0.25) is 10.1 Å². The lowest BCUT2D eigenvalue weighted by Gasteiger charge is -2.28. The van der Waals surface area contributed by atoms with E-state index in [9.17, 15) is 10.1 Å². The van der Waals surface area contributed by atoms with Crippen LogP contribution in [-0.2, 0) is 0 Å². The van der Waals surface area contributed by atoms with Gasteiger partial charge in [-0.1, -0.05) is 53.0 Å². The lowest BCUT2D eigenvalue weighted by molar-refractivity contribution is -0.434. The van der Waals surface area contributed by atoms with Crippen LogP contribution in [0.2, 0.25) is 0 Å². The Morgan fingerprint density at radius 1 is 1.33 bits per heavy atom. The maximum atomic E-state index is 11.1. The van der Waals surface area contributed by atoms with Crippen LogP contribution in [0.4, 0.5) is 0 Å². The van der Waals surface area contributed by atoms with Gasteiger partial charge in [-0.25, -0.2) is 0 Å². The summed E-state index contributed by atoms with van der Waals surface area (Å²) in [7, 11) is 0. The topological polar surface area (TPSA) is 52.4 Å². The van der Waals surface area contributed by atoms with Crippen LogP contribution in [0.5, 0.6) is 5.75 Å². The molecule has 0 aromatic heterocycles. The molecule has 0 fully saturated rings. The highest BCUT2D eigenvalue weighted by molar-refractivity contribution is 6.68. The predicted octanol–water partition coefficient (Wildman–Crippen LogP) is 3.83. The van der Waals surface area contributed by atoms with Gasteiger partial charge in [0.05, 0.1) is 4.92 Å². The third-order valence-corrected chi connectivity index (χ3v) is 3.26. The second kappa shape index (κ2) is 4.61. The normalized spacial score (nSPS) is 19.2. The van der Waals surface area contributed by atoms with Gasteiger partial charge in [-0.2, -0.15) is 0 Å². The molecule has 0 amide bonds. The highest BCUT2D eigenvalue weighted by atomic mass is 35.6. The number of nitrogens with zero attached hydrogens (tertiary/aromatic N) is 1. The molecule has 1 aliphatic heterocycles. The fourth-order valence-corrected chi connectivity index (χ4v) is 2.29. The number of para-hydroxylation sites is 1. The summed E-state index contributed by atoms with van der Waals surface area (Å²) in [4.78, 5) is 10.6. The number of allylic oxidation sites excluding steroid dienone is 1. The standard InChI is InChI=1S/C11H8Cl3NO3/c1-6-7-4-2-3-5-8(7)18-10(11(12,13)14)9(6)15(16)17/h2-5,10H,1H3/t10-/m0/s1. The number of fused-ring (bicyclic) bond motifs is 1. The Labute approximate surface area is 118 Å². The number of rotatable bonds is 1. The average molecular weight is 309 g/mol. The summed E-state index contributed by atoms with van der Waals surface area (Å²) in [6, 6.07) is 6.92. The average Bonchev–Trinajstić information content (AvgIpc) is 2.27. The van der Waals surface area contributed by atoms with Gasteiger partial charge < -0.3 is 4.74 Å². The molecule has 0 unspecified atom stereocenters. The number of ether oxygens (including phenoxy) is 1. The largest absolute Gasteiger partial charge is 0.474 e. The van der Waals surface area contributed by atoms with Gasteiger partial charge in [0.2, 0.25) is 9.90 Å². The van der Waals surface area contributed by atoms with Crippen LogP contribution in [0.1, 0.15) is 12.5 Å². The van der Waals surface area contributed by atoms with Crippen molar-refractivity contribution in [2.24, 2.45) is 0 Å². The first-order valence-corrected chi connectivity index (χ1v) is 6.13. The maximum Gasteiger partial charge on any atom is 0.294 e. The molecular weight excluding hydrogens is 300 g/mol. The van der Waals surface area contributed by atoms with E-state index in [0.29, 0.717) is 16.9 Å². The Morgan fingerprint density at radius 2 is 1.94 bits per heavy atom. The van der Waals surface area contributed by atoms with Crippen molar-refractivity contribution in [3.05, 3.63) is 45.6 Å². The second-order valence-corrected chi connectivity index (χ2v) is 6.17. The van der Waals surface area contributed by atoms with Gasteiger partial charge in [0, 0.05) is 11.1 Å². The Kier molecular flexibility index (Phi) is 3.45. The lowest BCUT2D eigenvalue weighted by Crippen LogP contribution is -2.39. The maximum absolute atomic E-state index is 11.1. The molecule has 0 saturated carbocycles. The first-order chi connectivity index (χ1) is 8.32. The molecule has 96 valence electrons. The van der Waals surface area contributed by atoms with Crippen LogP contribution in [0, 0.1) is 10.1 Å². The first-order valence-electron chi connectivity index (χ1n) is 5.00. The summed E-state index contributed by atoms with van der Waals surface area (Å²) < 4.78 is 3.54. The molecule has 4 nitrogen and oxygen atoms in total. The molecule has 1 aromatic carbocycles. The van der Waals surface area contributed by atoms with Crippen molar-refractivity contribution in [2.45, 2.75) is 16.8 Å². The zero-order valence-corrected chi connectivity index (χ0v) is 11.5. The molecule has 0 aliphatic carbocycles.